The molecule has 138 valence electrons. The highest BCUT2D eigenvalue weighted by atomic mass is 32.2. The van der Waals surface area contributed by atoms with Gasteiger partial charge in [0.15, 0.2) is 11.0 Å². The first-order valence-electron chi connectivity index (χ1n) is 8.37. The van der Waals surface area contributed by atoms with Gasteiger partial charge in [0.25, 0.3) is 0 Å². The number of carbonyl (C=O) groups excluding carboxylic acids is 1. The molecule has 1 N–H and O–H groups in total. The molecule has 1 aromatic heterocycles. The molecule has 2 aromatic carbocycles. The number of rotatable bonds is 7. The number of aryl methyl sites for hydroxylation is 1. The molecule has 0 saturated carbocycles. The van der Waals surface area contributed by atoms with Gasteiger partial charge in [0.2, 0.25) is 5.91 Å². The molecule has 0 radical (unpaired) electrons. The van der Waals surface area contributed by atoms with E-state index in [-0.39, 0.29) is 17.3 Å². The highest BCUT2D eigenvalue weighted by molar-refractivity contribution is 7.99. The Bertz CT molecular complexity index is 970. The van der Waals surface area contributed by atoms with Crippen LogP contribution in [-0.4, -0.2) is 26.4 Å². The quantitative estimate of drug-likeness (QED) is 0.489. The fraction of sp³-hybridized carbons (Fsp3) is 0.150. The van der Waals surface area contributed by atoms with E-state index in [4.69, 9.17) is 0 Å². The Balaban J connectivity index is 1.74. The highest BCUT2D eigenvalue weighted by Gasteiger charge is 2.15. The number of amides is 1. The lowest BCUT2D eigenvalue weighted by Crippen LogP contribution is -2.15. The topological polar surface area (TPSA) is 59.8 Å². The van der Waals surface area contributed by atoms with Crippen LogP contribution >= 0.6 is 11.8 Å². The van der Waals surface area contributed by atoms with Crippen molar-refractivity contribution in [3.05, 3.63) is 72.6 Å². The molecular weight excluding hydrogens is 363 g/mol. The monoisotopic (exact) mass is 382 g/mol. The number of carbonyl (C=O) groups is 1. The molecule has 3 aromatic rings. The Morgan fingerprint density at radius 3 is 2.81 bits per heavy atom. The number of allylic oxidation sites excluding steroid dienone is 1. The number of hydrogen-bond donors (Lipinski definition) is 1. The van der Waals surface area contributed by atoms with Crippen LogP contribution in [0.15, 0.2) is 66.3 Å². The summed E-state index contributed by atoms with van der Waals surface area (Å²) in [5, 5.41) is 11.7. The smallest absolute Gasteiger partial charge is 0.234 e. The zero-order chi connectivity index (χ0) is 19.2. The molecule has 1 amide bonds. The molecule has 0 saturated heterocycles. The molecule has 0 bridgehead atoms. The van der Waals surface area contributed by atoms with Crippen LogP contribution in [-0.2, 0) is 11.3 Å². The molecule has 27 heavy (non-hydrogen) atoms. The average molecular weight is 382 g/mol. The summed E-state index contributed by atoms with van der Waals surface area (Å²) >= 11 is 1.25. The van der Waals surface area contributed by atoms with Crippen molar-refractivity contribution in [3.8, 4) is 11.4 Å². The third kappa shape index (κ3) is 4.62. The van der Waals surface area contributed by atoms with Crippen LogP contribution in [0.25, 0.3) is 11.4 Å². The maximum absolute atomic E-state index is 13.6. The molecule has 7 heteroatoms. The summed E-state index contributed by atoms with van der Waals surface area (Å²) in [6.45, 7) is 6.32. The normalized spacial score (nSPS) is 10.6. The van der Waals surface area contributed by atoms with Crippen LogP contribution in [0.1, 0.15) is 5.56 Å². The van der Waals surface area contributed by atoms with E-state index in [2.05, 4.69) is 22.1 Å². The summed E-state index contributed by atoms with van der Waals surface area (Å²) in [6.07, 6.45) is 1.76. The predicted molar refractivity (Wildman–Crippen MR) is 106 cm³/mol. The first-order chi connectivity index (χ1) is 13.1. The van der Waals surface area contributed by atoms with Crippen molar-refractivity contribution in [2.75, 3.05) is 11.1 Å². The standard InChI is InChI=1S/C20H19FN4OS/c1-3-11-25-19(15-8-6-7-14(2)12-15)23-24-20(25)27-13-18(26)22-17-10-5-4-9-16(17)21/h3-10,12H,1,11,13H2,2H3,(H,22,26). The summed E-state index contributed by atoms with van der Waals surface area (Å²) in [6, 6.07) is 14.0. The number of anilines is 1. The van der Waals surface area contributed by atoms with Gasteiger partial charge >= 0.3 is 0 Å². The Kier molecular flexibility index (Phi) is 6.03. The van der Waals surface area contributed by atoms with Crippen molar-refractivity contribution in [1.29, 1.82) is 0 Å². The molecule has 1 heterocycles. The summed E-state index contributed by atoms with van der Waals surface area (Å²) < 4.78 is 15.5. The molecule has 0 spiro atoms. The fourth-order valence-corrected chi connectivity index (χ4v) is 3.31. The van der Waals surface area contributed by atoms with E-state index in [0.717, 1.165) is 17.0 Å². The molecule has 0 aliphatic heterocycles. The van der Waals surface area contributed by atoms with Gasteiger partial charge in [-0.2, -0.15) is 0 Å². The number of aromatic nitrogens is 3. The van der Waals surface area contributed by atoms with Gasteiger partial charge in [0.05, 0.1) is 11.4 Å². The average Bonchev–Trinajstić information content (AvgIpc) is 3.05. The van der Waals surface area contributed by atoms with Crippen LogP contribution in [0.4, 0.5) is 10.1 Å². The minimum absolute atomic E-state index is 0.0947. The van der Waals surface area contributed by atoms with E-state index in [1.165, 1.54) is 23.9 Å². The predicted octanol–water partition coefficient (Wildman–Crippen LogP) is 4.31. The second-order valence-corrected chi connectivity index (χ2v) is 6.83. The van der Waals surface area contributed by atoms with Gasteiger partial charge < -0.3 is 5.32 Å². The van der Waals surface area contributed by atoms with Gasteiger partial charge in [-0.3, -0.25) is 9.36 Å². The summed E-state index contributed by atoms with van der Waals surface area (Å²) in [5.41, 5.74) is 2.24. The Labute approximate surface area is 161 Å². The first kappa shape index (κ1) is 18.8. The van der Waals surface area contributed by atoms with Crippen molar-refractivity contribution in [2.24, 2.45) is 0 Å². The van der Waals surface area contributed by atoms with Crippen molar-refractivity contribution >= 4 is 23.4 Å². The van der Waals surface area contributed by atoms with Gasteiger partial charge in [-0.05, 0) is 25.1 Å². The second-order valence-electron chi connectivity index (χ2n) is 5.89. The number of nitrogens with zero attached hydrogens (tertiary/aromatic N) is 3. The Morgan fingerprint density at radius 2 is 2.07 bits per heavy atom. The number of nitrogens with one attached hydrogen (secondary N) is 1. The van der Waals surface area contributed by atoms with E-state index in [9.17, 15) is 9.18 Å². The van der Waals surface area contributed by atoms with Crippen molar-refractivity contribution in [1.82, 2.24) is 14.8 Å². The van der Waals surface area contributed by atoms with Crippen molar-refractivity contribution < 1.29 is 9.18 Å². The molecule has 0 unspecified atom stereocenters. The van der Waals surface area contributed by atoms with Gasteiger partial charge in [0.1, 0.15) is 5.82 Å². The summed E-state index contributed by atoms with van der Waals surface area (Å²) in [7, 11) is 0. The van der Waals surface area contributed by atoms with Gasteiger partial charge in [-0.15, -0.1) is 16.8 Å². The largest absolute Gasteiger partial charge is 0.323 e. The maximum atomic E-state index is 13.6. The zero-order valence-corrected chi connectivity index (χ0v) is 15.7. The van der Waals surface area contributed by atoms with Crippen LogP contribution in [0, 0.1) is 12.7 Å². The molecule has 0 aliphatic carbocycles. The zero-order valence-electron chi connectivity index (χ0n) is 14.9. The van der Waals surface area contributed by atoms with E-state index < -0.39 is 5.82 Å². The van der Waals surface area contributed by atoms with E-state index in [1.807, 2.05) is 35.8 Å². The van der Waals surface area contributed by atoms with Crippen LogP contribution in [0.5, 0.6) is 0 Å². The number of hydrogen-bond acceptors (Lipinski definition) is 4. The molecular formula is C20H19FN4OS. The number of thioether (sulfide) groups is 1. The van der Waals surface area contributed by atoms with Gasteiger partial charge in [-0.25, -0.2) is 4.39 Å². The van der Waals surface area contributed by atoms with Gasteiger partial charge in [0, 0.05) is 12.1 Å². The lowest BCUT2D eigenvalue weighted by molar-refractivity contribution is -0.113. The maximum Gasteiger partial charge on any atom is 0.234 e. The van der Waals surface area contributed by atoms with E-state index in [1.54, 1.807) is 18.2 Å². The third-order valence-corrected chi connectivity index (χ3v) is 4.75. The minimum atomic E-state index is -0.465. The Morgan fingerprint density at radius 1 is 1.26 bits per heavy atom. The summed E-state index contributed by atoms with van der Waals surface area (Å²) in [4.78, 5) is 12.2. The third-order valence-electron chi connectivity index (χ3n) is 3.79. The number of halogens is 1. The van der Waals surface area contributed by atoms with E-state index >= 15 is 0 Å². The Hall–Kier alpha value is -2.93. The van der Waals surface area contributed by atoms with Crippen LogP contribution in [0.3, 0.4) is 0 Å². The molecule has 0 fully saturated rings. The SMILES string of the molecule is C=CCn1c(SCC(=O)Nc2ccccc2F)nnc1-c1cccc(C)c1. The van der Waals surface area contributed by atoms with E-state index in [0.29, 0.717) is 11.7 Å². The lowest BCUT2D eigenvalue weighted by atomic mass is 10.1. The van der Waals surface area contributed by atoms with Crippen molar-refractivity contribution in [2.45, 2.75) is 18.6 Å². The highest BCUT2D eigenvalue weighted by Crippen LogP contribution is 2.25. The van der Waals surface area contributed by atoms with Gasteiger partial charge in [-0.1, -0.05) is 53.7 Å². The molecule has 0 atom stereocenters. The van der Waals surface area contributed by atoms with Crippen molar-refractivity contribution in [3.63, 3.8) is 0 Å². The molecule has 5 nitrogen and oxygen atoms in total. The molecule has 3 rings (SSSR count). The summed E-state index contributed by atoms with van der Waals surface area (Å²) in [5.74, 6) is 0.0376. The lowest BCUT2D eigenvalue weighted by Gasteiger charge is -2.09. The number of para-hydroxylation sites is 1. The second kappa shape index (κ2) is 8.64. The number of benzene rings is 2. The van der Waals surface area contributed by atoms with Crippen LogP contribution < -0.4 is 5.32 Å². The molecule has 0 aliphatic rings. The van der Waals surface area contributed by atoms with Crippen LogP contribution in [0.2, 0.25) is 0 Å². The minimum Gasteiger partial charge on any atom is -0.323 e. The first-order valence-corrected chi connectivity index (χ1v) is 9.35. The fourth-order valence-electron chi connectivity index (χ4n) is 2.57.